The molecule has 9 aliphatic rings. The van der Waals surface area contributed by atoms with Gasteiger partial charge in [-0.15, -0.1) is 0 Å². The predicted octanol–water partition coefficient (Wildman–Crippen LogP) is 0.294. The second-order valence-electron chi connectivity index (χ2n) is 21.5. The Morgan fingerprint density at radius 1 is 0.581 bits per heavy atom. The Balaban J connectivity index is 0.899. The molecule has 0 unspecified atom stereocenters. The van der Waals surface area contributed by atoms with Crippen LogP contribution in [-0.2, 0) is 37.9 Å². The Morgan fingerprint density at radius 3 is 1.94 bits per heavy atom. The largest absolute Gasteiger partial charge is 0.394 e. The zero-order valence-electron chi connectivity index (χ0n) is 36.8. The molecule has 17 nitrogen and oxygen atoms in total. The van der Waals surface area contributed by atoms with E-state index in [1.807, 2.05) is 0 Å². The van der Waals surface area contributed by atoms with Crippen molar-refractivity contribution < 1.29 is 83.9 Å². The summed E-state index contributed by atoms with van der Waals surface area (Å²) in [4.78, 5) is 0. The normalized spacial score (nSPS) is 58.9. The number of hydrogen-bond donors (Lipinski definition) is 9. The summed E-state index contributed by atoms with van der Waals surface area (Å²) in [5.74, 6) is 3.18. The zero-order valence-corrected chi connectivity index (χ0v) is 36.8. The smallest absolute Gasteiger partial charge is 0.187 e. The highest BCUT2D eigenvalue weighted by Crippen LogP contribution is 2.71. The molecule has 9 fully saturated rings. The summed E-state index contributed by atoms with van der Waals surface area (Å²) in [6.45, 7) is 10.6. The second kappa shape index (κ2) is 17.4. The quantitative estimate of drug-likeness (QED) is 0.149. The van der Waals surface area contributed by atoms with Gasteiger partial charge in [-0.1, -0.05) is 27.7 Å². The zero-order chi connectivity index (χ0) is 44.2. The fraction of sp³-hybridized carbons (Fsp3) is 1.00. The van der Waals surface area contributed by atoms with E-state index in [0.717, 1.165) is 51.6 Å². The maximum atomic E-state index is 12.0. The van der Waals surface area contributed by atoms with Gasteiger partial charge in [0.15, 0.2) is 24.7 Å². The molecule has 17 heteroatoms. The summed E-state index contributed by atoms with van der Waals surface area (Å²) in [5.41, 5.74) is 0.320. The van der Waals surface area contributed by atoms with Crippen molar-refractivity contribution in [3.63, 3.8) is 0 Å². The Hall–Kier alpha value is -0.680. The van der Waals surface area contributed by atoms with E-state index in [0.29, 0.717) is 47.8 Å². The summed E-state index contributed by atoms with van der Waals surface area (Å²) in [6, 6.07) is 0. The highest BCUT2D eigenvalue weighted by atomic mass is 16.8. The summed E-state index contributed by atoms with van der Waals surface area (Å²) in [7, 11) is 0. The van der Waals surface area contributed by atoms with Crippen molar-refractivity contribution in [2.45, 2.75) is 209 Å². The first kappa shape index (κ1) is 46.4. The van der Waals surface area contributed by atoms with Gasteiger partial charge in [-0.3, -0.25) is 0 Å². The molecular weight excluding hydrogens is 812 g/mol. The SMILES string of the molecule is C[C@@H]1CC[C@@]2(OC1)O[C@H]1C[C@H]3[C@@H]4CC[C@@H]5C[C@@H](O[C@@H]6O[C@H](CO)[C@@H](O[C@@H]7O[C@H](CO)[C@@H](O)[C@H](O)[C@H]7O)[C@H](O)[C@H]6O[C@H]6O[C@@H](C)[C@H](O)[C@@H](O)[C@H]6O)CC[C@]5(C)[C@H]4CC[C@]3(C)[C@H]1[C@@H]2C. The van der Waals surface area contributed by atoms with Gasteiger partial charge in [-0.05, 0) is 111 Å². The van der Waals surface area contributed by atoms with E-state index < -0.39 is 111 Å². The highest BCUT2D eigenvalue weighted by molar-refractivity contribution is 5.15. The number of hydrogen-bond acceptors (Lipinski definition) is 17. The molecule has 5 heterocycles. The van der Waals surface area contributed by atoms with E-state index in [2.05, 4.69) is 27.7 Å². The lowest BCUT2D eigenvalue weighted by atomic mass is 9.44. The molecule has 1 spiro atoms. The number of rotatable bonds is 8. The molecule has 0 aromatic rings. The van der Waals surface area contributed by atoms with Crippen LogP contribution in [0.15, 0.2) is 0 Å². The third kappa shape index (κ3) is 7.56. The van der Waals surface area contributed by atoms with Crippen LogP contribution in [0, 0.1) is 52.3 Å². The van der Waals surface area contributed by atoms with Gasteiger partial charge in [0.1, 0.15) is 67.1 Å². The van der Waals surface area contributed by atoms with Crippen LogP contribution in [0.2, 0.25) is 0 Å². The highest BCUT2D eigenvalue weighted by Gasteiger charge is 2.69. The first-order valence-corrected chi connectivity index (χ1v) is 23.7. The van der Waals surface area contributed by atoms with E-state index in [-0.39, 0.29) is 23.0 Å². The monoisotopic (exact) mass is 886 g/mol. The summed E-state index contributed by atoms with van der Waals surface area (Å²) >= 11 is 0. The minimum absolute atomic E-state index is 0.103. The molecule has 0 amide bonds. The third-order valence-corrected chi connectivity index (χ3v) is 18.2. The van der Waals surface area contributed by atoms with Crippen molar-refractivity contribution in [2.24, 2.45) is 52.3 Å². The summed E-state index contributed by atoms with van der Waals surface area (Å²) in [5, 5.41) is 95.8. The van der Waals surface area contributed by atoms with Crippen LogP contribution in [0.1, 0.15) is 98.8 Å². The molecule has 62 heavy (non-hydrogen) atoms. The van der Waals surface area contributed by atoms with Crippen LogP contribution in [0.3, 0.4) is 0 Å². The molecule has 0 radical (unpaired) electrons. The predicted molar refractivity (Wildman–Crippen MR) is 214 cm³/mol. The van der Waals surface area contributed by atoms with Crippen LogP contribution >= 0.6 is 0 Å². The molecule has 0 aromatic carbocycles. The number of aliphatic hydroxyl groups is 9. The lowest BCUT2D eigenvalue weighted by Gasteiger charge is -2.61. The maximum absolute atomic E-state index is 12.0. The number of ether oxygens (including phenoxy) is 8. The number of fused-ring (bicyclic) bond motifs is 7. The Labute approximate surface area is 364 Å². The first-order valence-electron chi connectivity index (χ1n) is 23.7. The van der Waals surface area contributed by atoms with Crippen molar-refractivity contribution in [2.75, 3.05) is 19.8 Å². The molecule has 5 saturated heterocycles. The molecule has 0 aromatic heterocycles. The average molecular weight is 887 g/mol. The van der Waals surface area contributed by atoms with Crippen LogP contribution in [-0.4, -0.2) is 176 Å². The lowest BCUT2D eigenvalue weighted by molar-refractivity contribution is -0.390. The Bertz CT molecular complexity index is 1550. The molecule has 4 saturated carbocycles. The van der Waals surface area contributed by atoms with Crippen LogP contribution < -0.4 is 0 Å². The summed E-state index contributed by atoms with van der Waals surface area (Å²) < 4.78 is 50.0. The molecule has 27 atom stereocenters. The number of aliphatic hydroxyl groups excluding tert-OH is 9. The fourth-order valence-corrected chi connectivity index (χ4v) is 14.6. The van der Waals surface area contributed by atoms with Gasteiger partial charge in [0.05, 0.1) is 38.1 Å². The molecule has 356 valence electrons. The standard InChI is InChI=1S/C45H74O17/c1-19-8-13-45(55-18-19)20(2)30-27(62-45)15-26-24-7-6-22-14-23(9-11-43(22,4)25(24)10-12-44(26,30)5)57-42-39(61-40-35(52)33(50)31(48)21(3)56-40)37(54)38(29(17-47)59-42)60-41-36(53)34(51)32(49)28(16-46)58-41/h19-42,46-54H,6-18H2,1-5H3/t19-,20+,21+,22-,23+,24-,25+,26+,27+,28-,29-,30+,31+,32-,33-,34+,35-,36-,37+,38-,39-,40-,41+,42-,43+,44+,45-/m1/s1. The molecular formula is C45H74O17. The lowest BCUT2D eigenvalue weighted by Crippen LogP contribution is -2.67. The van der Waals surface area contributed by atoms with Crippen LogP contribution in [0.5, 0.6) is 0 Å². The van der Waals surface area contributed by atoms with E-state index in [1.165, 1.54) is 19.8 Å². The minimum Gasteiger partial charge on any atom is -0.394 e. The Morgan fingerprint density at radius 2 is 1.24 bits per heavy atom. The van der Waals surface area contributed by atoms with Gasteiger partial charge >= 0.3 is 0 Å². The molecule has 0 bridgehead atoms. The van der Waals surface area contributed by atoms with Gasteiger partial charge in [-0.25, -0.2) is 0 Å². The molecule has 9 N–H and O–H groups in total. The minimum atomic E-state index is -1.81. The summed E-state index contributed by atoms with van der Waals surface area (Å²) in [6.07, 6.45) is -12.6. The van der Waals surface area contributed by atoms with Crippen molar-refractivity contribution >= 4 is 0 Å². The van der Waals surface area contributed by atoms with Crippen molar-refractivity contribution in [3.05, 3.63) is 0 Å². The molecule has 4 aliphatic carbocycles. The average Bonchev–Trinajstić information content (AvgIpc) is 3.70. The topological polar surface area (TPSA) is 256 Å². The third-order valence-electron chi connectivity index (χ3n) is 18.2. The van der Waals surface area contributed by atoms with Crippen LogP contribution in [0.4, 0.5) is 0 Å². The van der Waals surface area contributed by atoms with Crippen molar-refractivity contribution in [1.82, 2.24) is 0 Å². The first-order chi connectivity index (χ1) is 29.4. The van der Waals surface area contributed by atoms with Gasteiger partial charge in [0.25, 0.3) is 0 Å². The molecule has 9 rings (SSSR count). The van der Waals surface area contributed by atoms with E-state index in [4.69, 9.17) is 37.9 Å². The molecule has 5 aliphatic heterocycles. The van der Waals surface area contributed by atoms with Gasteiger partial charge in [-0.2, -0.15) is 0 Å². The van der Waals surface area contributed by atoms with Crippen molar-refractivity contribution in [1.29, 1.82) is 0 Å². The van der Waals surface area contributed by atoms with E-state index in [9.17, 15) is 46.0 Å². The van der Waals surface area contributed by atoms with Gasteiger partial charge in [0, 0.05) is 12.3 Å². The Kier molecular flexibility index (Phi) is 13.1. The van der Waals surface area contributed by atoms with Gasteiger partial charge in [0.2, 0.25) is 0 Å². The van der Waals surface area contributed by atoms with Crippen molar-refractivity contribution in [3.8, 4) is 0 Å². The van der Waals surface area contributed by atoms with Gasteiger partial charge < -0.3 is 83.9 Å². The van der Waals surface area contributed by atoms with Crippen LogP contribution in [0.25, 0.3) is 0 Å². The van der Waals surface area contributed by atoms with E-state index >= 15 is 0 Å². The van der Waals surface area contributed by atoms with E-state index in [1.54, 1.807) is 0 Å². The fourth-order valence-electron chi connectivity index (χ4n) is 14.6. The maximum Gasteiger partial charge on any atom is 0.187 e. The second-order valence-corrected chi connectivity index (χ2v) is 21.5.